The first kappa shape index (κ1) is 21.6. The quantitative estimate of drug-likeness (QED) is 0.278. The van der Waals surface area contributed by atoms with E-state index < -0.39 is 11.8 Å². The summed E-state index contributed by atoms with van der Waals surface area (Å²) in [6.07, 6.45) is 5.35. The number of aldehydes is 1. The number of carbonyl (C=O) groups is 3. The highest BCUT2D eigenvalue weighted by Crippen LogP contribution is 2.19. The predicted molar refractivity (Wildman–Crippen MR) is 120 cm³/mol. The highest BCUT2D eigenvalue weighted by Gasteiger charge is 2.23. The molecule has 0 unspecified atom stereocenters. The topological polar surface area (TPSA) is 147 Å². The Kier molecular flexibility index (Phi) is 6.02. The highest BCUT2D eigenvalue weighted by atomic mass is 16.2. The van der Waals surface area contributed by atoms with Gasteiger partial charge in [0.2, 0.25) is 5.78 Å². The molecule has 0 atom stereocenters. The van der Waals surface area contributed by atoms with Crippen molar-refractivity contribution in [3.8, 4) is 11.3 Å². The monoisotopic (exact) mass is 444 g/mol. The summed E-state index contributed by atoms with van der Waals surface area (Å²) in [6.45, 7) is -0.102. The molecule has 11 nitrogen and oxygen atoms in total. The molecule has 1 aromatic carbocycles. The fourth-order valence-electron chi connectivity index (χ4n) is 3.19. The number of carbonyl (C=O) groups excluding carboxylic acids is 3. The van der Waals surface area contributed by atoms with Crippen LogP contribution in [-0.4, -0.2) is 54.5 Å². The maximum atomic E-state index is 12.9. The lowest BCUT2D eigenvalue weighted by atomic mass is 10.2. The molecule has 3 N–H and O–H groups in total. The molecule has 0 saturated heterocycles. The Balaban J connectivity index is 1.52. The van der Waals surface area contributed by atoms with Crippen molar-refractivity contribution >= 4 is 35.4 Å². The van der Waals surface area contributed by atoms with Gasteiger partial charge in [-0.3, -0.25) is 18.7 Å². The van der Waals surface area contributed by atoms with E-state index in [0.717, 1.165) is 11.3 Å². The van der Waals surface area contributed by atoms with Crippen LogP contribution in [0.25, 0.3) is 17.0 Å². The number of hydrogen-bond donors (Lipinski definition) is 3. The molecule has 0 aliphatic rings. The summed E-state index contributed by atoms with van der Waals surface area (Å²) in [6, 6.07) is 11.3. The van der Waals surface area contributed by atoms with Crippen LogP contribution in [0.1, 0.15) is 27.3 Å². The van der Waals surface area contributed by atoms with E-state index in [4.69, 9.17) is 5.41 Å². The number of fused-ring (bicyclic) bond motifs is 1. The van der Waals surface area contributed by atoms with Gasteiger partial charge in [0.1, 0.15) is 17.8 Å². The number of amides is 2. The van der Waals surface area contributed by atoms with Gasteiger partial charge in [0, 0.05) is 37.1 Å². The molecule has 0 radical (unpaired) electrons. The van der Waals surface area contributed by atoms with Crippen LogP contribution >= 0.6 is 0 Å². The number of imidazole rings is 1. The second kappa shape index (κ2) is 9.22. The van der Waals surface area contributed by atoms with Crippen LogP contribution in [0.4, 0.5) is 5.82 Å². The maximum absolute atomic E-state index is 12.9. The Bertz CT molecular complexity index is 1360. The number of nitrogens with one attached hydrogen (secondary N) is 3. The SMILES string of the molecule is Cn1ncc(C(=O)NCC(=N)CC=O)c1C(=O)Nc1ccn2cc(-c3ccccc3)nc2n1. The van der Waals surface area contributed by atoms with Gasteiger partial charge in [-0.1, -0.05) is 30.3 Å². The van der Waals surface area contributed by atoms with Crippen molar-refractivity contribution in [2.45, 2.75) is 6.42 Å². The third-order valence-corrected chi connectivity index (χ3v) is 4.83. The van der Waals surface area contributed by atoms with Gasteiger partial charge in [0.15, 0.2) is 0 Å². The minimum absolute atomic E-state index is 0.0319. The van der Waals surface area contributed by atoms with Crippen molar-refractivity contribution in [2.75, 3.05) is 11.9 Å². The van der Waals surface area contributed by atoms with E-state index in [2.05, 4.69) is 25.7 Å². The lowest BCUT2D eigenvalue weighted by Gasteiger charge is -2.08. The van der Waals surface area contributed by atoms with E-state index in [0.29, 0.717) is 12.1 Å². The average Bonchev–Trinajstić information content (AvgIpc) is 3.41. The maximum Gasteiger partial charge on any atom is 0.275 e. The van der Waals surface area contributed by atoms with E-state index in [-0.39, 0.29) is 35.8 Å². The Morgan fingerprint density at radius 1 is 1.12 bits per heavy atom. The standard InChI is InChI=1S/C22H20N8O3/c1-29-19(16(12-25-29)20(32)24-11-15(23)8-10-31)21(33)27-18-7-9-30-13-17(26-22(30)28-18)14-5-3-2-4-6-14/h2-7,9-10,12-13,23H,8,11H2,1H3,(H,24,32)(H,26,27,28,33). The molecule has 2 amide bonds. The van der Waals surface area contributed by atoms with E-state index in [1.165, 1.54) is 17.9 Å². The van der Waals surface area contributed by atoms with Gasteiger partial charge in [0.05, 0.1) is 24.0 Å². The van der Waals surface area contributed by atoms with Crippen LogP contribution in [0.15, 0.2) is 55.0 Å². The van der Waals surface area contributed by atoms with Gasteiger partial charge in [-0.15, -0.1) is 0 Å². The summed E-state index contributed by atoms with van der Waals surface area (Å²) in [4.78, 5) is 44.8. The van der Waals surface area contributed by atoms with Gasteiger partial charge in [-0.05, 0) is 6.07 Å². The van der Waals surface area contributed by atoms with Gasteiger partial charge in [-0.25, -0.2) is 4.98 Å². The van der Waals surface area contributed by atoms with E-state index in [1.807, 2.05) is 36.5 Å². The van der Waals surface area contributed by atoms with Gasteiger partial charge in [-0.2, -0.15) is 10.1 Å². The second-order valence-electron chi connectivity index (χ2n) is 7.15. The zero-order valence-electron chi connectivity index (χ0n) is 17.6. The van der Waals surface area contributed by atoms with Crippen molar-refractivity contribution in [3.63, 3.8) is 0 Å². The fraction of sp³-hybridized carbons (Fsp3) is 0.136. The summed E-state index contributed by atoms with van der Waals surface area (Å²) in [5.74, 6) is -0.482. The molecule has 3 heterocycles. The first-order valence-corrected chi connectivity index (χ1v) is 9.99. The molecule has 0 spiro atoms. The van der Waals surface area contributed by atoms with Crippen molar-refractivity contribution in [3.05, 3.63) is 66.2 Å². The van der Waals surface area contributed by atoms with Crippen molar-refractivity contribution in [1.29, 1.82) is 5.41 Å². The Labute approximate surface area is 188 Å². The van der Waals surface area contributed by atoms with Crippen LogP contribution in [0.2, 0.25) is 0 Å². The predicted octanol–water partition coefficient (Wildman–Crippen LogP) is 1.72. The number of aryl methyl sites for hydroxylation is 1. The molecular formula is C22H20N8O3. The van der Waals surface area contributed by atoms with Crippen LogP contribution in [0.5, 0.6) is 0 Å². The molecule has 3 aromatic heterocycles. The van der Waals surface area contributed by atoms with Crippen molar-refractivity contribution < 1.29 is 14.4 Å². The van der Waals surface area contributed by atoms with Gasteiger partial charge >= 0.3 is 0 Å². The van der Waals surface area contributed by atoms with Gasteiger partial charge in [0.25, 0.3) is 11.8 Å². The molecule has 166 valence electrons. The van der Waals surface area contributed by atoms with Gasteiger partial charge < -0.3 is 20.8 Å². The first-order valence-electron chi connectivity index (χ1n) is 9.99. The minimum atomic E-state index is -0.576. The highest BCUT2D eigenvalue weighted by molar-refractivity contribution is 6.11. The van der Waals surface area contributed by atoms with Crippen LogP contribution in [0.3, 0.4) is 0 Å². The lowest BCUT2D eigenvalue weighted by Crippen LogP contribution is -2.31. The molecule has 11 heteroatoms. The van der Waals surface area contributed by atoms with Crippen molar-refractivity contribution in [2.24, 2.45) is 7.05 Å². The Hall–Kier alpha value is -4.67. The van der Waals surface area contributed by atoms with Crippen molar-refractivity contribution in [1.82, 2.24) is 29.5 Å². The molecule has 0 bridgehead atoms. The molecule has 33 heavy (non-hydrogen) atoms. The minimum Gasteiger partial charge on any atom is -0.347 e. The third kappa shape index (κ3) is 4.66. The number of hydrogen-bond acceptors (Lipinski definition) is 7. The van der Waals surface area contributed by atoms with Crippen LogP contribution in [0, 0.1) is 5.41 Å². The number of aromatic nitrogens is 5. The number of rotatable bonds is 8. The molecular weight excluding hydrogens is 424 g/mol. The summed E-state index contributed by atoms with van der Waals surface area (Å²) < 4.78 is 3.03. The zero-order chi connectivity index (χ0) is 23.4. The van der Waals surface area contributed by atoms with E-state index >= 15 is 0 Å². The molecule has 0 aliphatic heterocycles. The number of benzene rings is 1. The Morgan fingerprint density at radius 2 is 1.91 bits per heavy atom. The molecule has 0 fully saturated rings. The summed E-state index contributed by atoms with van der Waals surface area (Å²) in [5, 5.41) is 16.8. The Morgan fingerprint density at radius 3 is 2.67 bits per heavy atom. The normalized spacial score (nSPS) is 10.7. The largest absolute Gasteiger partial charge is 0.347 e. The summed E-state index contributed by atoms with van der Waals surface area (Å²) in [7, 11) is 1.54. The van der Waals surface area contributed by atoms with E-state index in [9.17, 15) is 14.4 Å². The number of anilines is 1. The number of nitrogens with zero attached hydrogens (tertiary/aromatic N) is 5. The fourth-order valence-corrected chi connectivity index (χ4v) is 3.19. The lowest BCUT2D eigenvalue weighted by molar-refractivity contribution is -0.106. The van der Waals surface area contributed by atoms with E-state index in [1.54, 1.807) is 16.7 Å². The zero-order valence-corrected chi connectivity index (χ0v) is 17.6. The second-order valence-corrected chi connectivity index (χ2v) is 7.15. The molecule has 0 aliphatic carbocycles. The first-order chi connectivity index (χ1) is 16.0. The molecule has 0 saturated carbocycles. The average molecular weight is 444 g/mol. The van der Waals surface area contributed by atoms with Crippen LogP contribution in [-0.2, 0) is 11.8 Å². The summed E-state index contributed by atoms with van der Waals surface area (Å²) >= 11 is 0. The molecule has 4 aromatic rings. The third-order valence-electron chi connectivity index (χ3n) is 4.83. The van der Waals surface area contributed by atoms with Crippen LogP contribution < -0.4 is 10.6 Å². The summed E-state index contributed by atoms with van der Waals surface area (Å²) in [5.41, 5.74) is 1.82. The molecule has 4 rings (SSSR count). The smallest absolute Gasteiger partial charge is 0.275 e.